The smallest absolute Gasteiger partial charge is 0.234 e. The first-order valence-electron chi connectivity index (χ1n) is 9.62. The summed E-state index contributed by atoms with van der Waals surface area (Å²) in [5.74, 6) is -1.36. The summed E-state index contributed by atoms with van der Waals surface area (Å²) in [5.41, 5.74) is 1.01. The number of amides is 1. The molecule has 0 radical (unpaired) electrons. The first-order valence-corrected chi connectivity index (χ1v) is 10.4. The van der Waals surface area contributed by atoms with Crippen LogP contribution in [0.15, 0.2) is 42.5 Å². The summed E-state index contributed by atoms with van der Waals surface area (Å²) < 4.78 is 13.5. The van der Waals surface area contributed by atoms with Crippen molar-refractivity contribution in [1.82, 2.24) is 10.2 Å². The molecule has 1 unspecified atom stereocenters. The summed E-state index contributed by atoms with van der Waals surface area (Å²) in [7, 11) is 0. The summed E-state index contributed by atoms with van der Waals surface area (Å²) in [6, 6.07) is 11.3. The van der Waals surface area contributed by atoms with E-state index in [1.54, 1.807) is 35.2 Å². The van der Waals surface area contributed by atoms with E-state index in [1.807, 2.05) is 0 Å². The zero-order valence-corrected chi connectivity index (χ0v) is 17.3. The average Bonchev–Trinajstić information content (AvgIpc) is 2.95. The molecule has 0 aromatic heterocycles. The van der Waals surface area contributed by atoms with Gasteiger partial charge in [-0.2, -0.15) is 0 Å². The molecule has 2 aliphatic heterocycles. The molecule has 2 heterocycles. The van der Waals surface area contributed by atoms with Gasteiger partial charge in [-0.3, -0.25) is 9.59 Å². The maximum Gasteiger partial charge on any atom is 0.234 e. The lowest BCUT2D eigenvalue weighted by atomic mass is 9.63. The summed E-state index contributed by atoms with van der Waals surface area (Å²) in [6.07, 6.45) is 1.30. The molecule has 2 fully saturated rings. The molecule has 29 heavy (non-hydrogen) atoms. The fourth-order valence-electron chi connectivity index (χ4n) is 4.68. The Morgan fingerprint density at radius 1 is 1.03 bits per heavy atom. The van der Waals surface area contributed by atoms with Gasteiger partial charge in [0.15, 0.2) is 5.78 Å². The molecule has 0 bridgehead atoms. The van der Waals surface area contributed by atoms with Gasteiger partial charge in [-0.25, -0.2) is 4.39 Å². The highest BCUT2D eigenvalue weighted by atomic mass is 35.5. The van der Waals surface area contributed by atoms with Gasteiger partial charge in [0.05, 0.1) is 6.54 Å². The normalized spacial score (nSPS) is 21.6. The SMILES string of the molecule is O=C1CN(Cc2cc(Cl)cc(Cl)c2)C(=O)C1C1(c2ccc(F)cc2)CCNCC1. The van der Waals surface area contributed by atoms with Crippen LogP contribution in [0.3, 0.4) is 0 Å². The van der Waals surface area contributed by atoms with Crippen LogP contribution in [-0.2, 0) is 21.5 Å². The number of likely N-dealkylation sites (tertiary alicyclic amines) is 1. The van der Waals surface area contributed by atoms with Gasteiger partial charge in [0.2, 0.25) is 5.91 Å². The van der Waals surface area contributed by atoms with Crippen LogP contribution in [0.1, 0.15) is 24.0 Å². The molecule has 1 N–H and O–H groups in total. The zero-order valence-electron chi connectivity index (χ0n) is 15.8. The number of hydrogen-bond donors (Lipinski definition) is 1. The molecule has 2 aliphatic rings. The van der Waals surface area contributed by atoms with Crippen molar-refractivity contribution in [1.29, 1.82) is 0 Å². The number of halogens is 3. The van der Waals surface area contributed by atoms with E-state index >= 15 is 0 Å². The Labute approximate surface area is 179 Å². The first kappa shape index (κ1) is 20.3. The fraction of sp³-hybridized carbons (Fsp3) is 0.364. The molecule has 0 spiro atoms. The molecule has 4 rings (SSSR count). The zero-order chi connectivity index (χ0) is 20.6. The summed E-state index contributed by atoms with van der Waals surface area (Å²) in [5, 5.41) is 4.28. The lowest BCUT2D eigenvalue weighted by Gasteiger charge is -2.41. The molecule has 1 atom stereocenters. The van der Waals surface area contributed by atoms with E-state index < -0.39 is 11.3 Å². The maximum absolute atomic E-state index is 13.5. The number of Topliss-reactive ketones (excluding diaryl/α,β-unsaturated/α-hetero) is 1. The van der Waals surface area contributed by atoms with Gasteiger partial charge in [-0.05, 0) is 67.4 Å². The van der Waals surface area contributed by atoms with E-state index in [4.69, 9.17) is 23.2 Å². The number of carbonyl (C=O) groups excluding carboxylic acids is 2. The Balaban J connectivity index is 1.66. The Morgan fingerprint density at radius 2 is 1.66 bits per heavy atom. The van der Waals surface area contributed by atoms with Gasteiger partial charge in [-0.1, -0.05) is 35.3 Å². The van der Waals surface area contributed by atoms with Crippen molar-refractivity contribution in [2.24, 2.45) is 5.92 Å². The van der Waals surface area contributed by atoms with Gasteiger partial charge in [0.25, 0.3) is 0 Å². The lowest BCUT2D eigenvalue weighted by Crippen LogP contribution is -2.49. The lowest BCUT2D eigenvalue weighted by molar-refractivity contribution is -0.135. The number of nitrogens with zero attached hydrogens (tertiary/aromatic N) is 1. The highest BCUT2D eigenvalue weighted by Gasteiger charge is 2.53. The number of nitrogens with one attached hydrogen (secondary N) is 1. The summed E-state index contributed by atoms with van der Waals surface area (Å²) in [4.78, 5) is 28.0. The molecule has 7 heteroatoms. The van der Waals surface area contributed by atoms with Crippen molar-refractivity contribution in [3.63, 3.8) is 0 Å². The van der Waals surface area contributed by atoms with Crippen LogP contribution in [-0.4, -0.2) is 36.2 Å². The standard InChI is InChI=1S/C22H21Cl2FN2O2/c23-16-9-14(10-17(24)11-16)12-27-13-19(28)20(21(27)29)22(5-7-26-8-6-22)15-1-3-18(25)4-2-15/h1-4,9-11,20,26H,5-8,12-13H2. The highest BCUT2D eigenvalue weighted by Crippen LogP contribution is 2.44. The van der Waals surface area contributed by atoms with Crippen molar-refractivity contribution in [2.45, 2.75) is 24.8 Å². The number of carbonyl (C=O) groups is 2. The van der Waals surface area contributed by atoms with E-state index in [1.165, 1.54) is 12.1 Å². The number of rotatable bonds is 4. The van der Waals surface area contributed by atoms with E-state index in [-0.39, 0.29) is 30.6 Å². The number of hydrogen-bond acceptors (Lipinski definition) is 3. The highest BCUT2D eigenvalue weighted by molar-refractivity contribution is 6.34. The minimum Gasteiger partial charge on any atom is -0.330 e. The largest absolute Gasteiger partial charge is 0.330 e. The number of piperidine rings is 1. The van der Waals surface area contributed by atoms with Crippen LogP contribution in [0.2, 0.25) is 10.0 Å². The van der Waals surface area contributed by atoms with Crippen LogP contribution in [0.5, 0.6) is 0 Å². The second kappa shape index (κ2) is 8.05. The van der Waals surface area contributed by atoms with Gasteiger partial charge < -0.3 is 10.2 Å². The van der Waals surface area contributed by atoms with Gasteiger partial charge in [0.1, 0.15) is 11.7 Å². The predicted molar refractivity (Wildman–Crippen MR) is 111 cm³/mol. The van der Waals surface area contributed by atoms with Crippen LogP contribution < -0.4 is 5.32 Å². The van der Waals surface area contributed by atoms with E-state index in [9.17, 15) is 14.0 Å². The molecule has 0 saturated carbocycles. The predicted octanol–water partition coefficient (Wildman–Crippen LogP) is 3.98. The molecule has 152 valence electrons. The Bertz CT molecular complexity index is 922. The molecule has 0 aliphatic carbocycles. The Hall–Kier alpha value is -1.95. The van der Waals surface area contributed by atoms with Crippen molar-refractivity contribution < 1.29 is 14.0 Å². The third kappa shape index (κ3) is 3.91. The van der Waals surface area contributed by atoms with Gasteiger partial charge in [0, 0.05) is 22.0 Å². The van der Waals surface area contributed by atoms with Crippen molar-refractivity contribution >= 4 is 34.9 Å². The molecule has 2 saturated heterocycles. The molecule has 1 amide bonds. The third-order valence-corrected chi connectivity index (χ3v) is 6.43. The van der Waals surface area contributed by atoms with Gasteiger partial charge in [-0.15, -0.1) is 0 Å². The second-order valence-corrected chi connectivity index (χ2v) is 8.66. The molecule has 2 aromatic rings. The minimum atomic E-state index is -0.760. The molecular formula is C22H21Cl2FN2O2. The first-order chi connectivity index (χ1) is 13.9. The Kier molecular flexibility index (Phi) is 5.65. The van der Waals surface area contributed by atoms with Crippen LogP contribution >= 0.6 is 23.2 Å². The van der Waals surface area contributed by atoms with E-state index in [0.29, 0.717) is 36.0 Å². The third-order valence-electron chi connectivity index (χ3n) is 5.99. The van der Waals surface area contributed by atoms with Crippen LogP contribution in [0, 0.1) is 11.7 Å². The van der Waals surface area contributed by atoms with Crippen molar-refractivity contribution in [2.75, 3.05) is 19.6 Å². The van der Waals surface area contributed by atoms with Crippen LogP contribution in [0.4, 0.5) is 4.39 Å². The van der Waals surface area contributed by atoms with Crippen molar-refractivity contribution in [3.8, 4) is 0 Å². The van der Waals surface area contributed by atoms with E-state index in [0.717, 1.165) is 11.1 Å². The average molecular weight is 435 g/mol. The monoisotopic (exact) mass is 434 g/mol. The van der Waals surface area contributed by atoms with Gasteiger partial charge >= 0.3 is 0 Å². The number of ketones is 1. The molecule has 2 aromatic carbocycles. The molecular weight excluding hydrogens is 414 g/mol. The summed E-state index contributed by atoms with van der Waals surface area (Å²) >= 11 is 12.1. The fourth-order valence-corrected chi connectivity index (χ4v) is 5.25. The van der Waals surface area contributed by atoms with Crippen molar-refractivity contribution in [3.05, 3.63) is 69.5 Å². The summed E-state index contributed by atoms with van der Waals surface area (Å²) in [6.45, 7) is 1.75. The molecule has 4 nitrogen and oxygen atoms in total. The Morgan fingerprint density at radius 3 is 2.28 bits per heavy atom. The maximum atomic E-state index is 13.5. The quantitative estimate of drug-likeness (QED) is 0.740. The topological polar surface area (TPSA) is 49.4 Å². The second-order valence-electron chi connectivity index (χ2n) is 7.78. The number of benzene rings is 2. The van der Waals surface area contributed by atoms with Crippen LogP contribution in [0.25, 0.3) is 0 Å². The van der Waals surface area contributed by atoms with E-state index in [2.05, 4.69) is 5.32 Å². The minimum absolute atomic E-state index is 0.0595.